The lowest BCUT2D eigenvalue weighted by molar-refractivity contribution is 0.0697. The van der Waals surface area contributed by atoms with Gasteiger partial charge in [0.1, 0.15) is 0 Å². The zero-order valence-electron chi connectivity index (χ0n) is 10.6. The summed E-state index contributed by atoms with van der Waals surface area (Å²) in [6, 6.07) is 7.65. The van der Waals surface area contributed by atoms with Gasteiger partial charge in [-0.15, -0.1) is 0 Å². The molecule has 0 atom stereocenters. The van der Waals surface area contributed by atoms with E-state index in [0.717, 1.165) is 25.2 Å². The Labute approximate surface area is 108 Å². The lowest BCUT2D eigenvalue weighted by Gasteiger charge is -2.25. The van der Waals surface area contributed by atoms with Gasteiger partial charge in [0.15, 0.2) is 0 Å². The number of aryl methyl sites for hydroxylation is 1. The van der Waals surface area contributed by atoms with Crippen LogP contribution in [-0.2, 0) is 6.42 Å². The summed E-state index contributed by atoms with van der Waals surface area (Å²) in [5.74, 6) is -0.0632. The van der Waals surface area contributed by atoms with Gasteiger partial charge in [0.05, 0.1) is 5.56 Å². The zero-order valence-corrected chi connectivity index (χ0v) is 10.6. The standard InChI is InChI=1S/C15H21NO2/c16-14-9-5-12(6-10-14)2-1-11-3-7-13(8-4-11)15(17)18/h3-4,7-8,12,14H,1-2,5-6,9-10,16H2,(H,17,18). The average molecular weight is 247 g/mol. The fourth-order valence-electron chi connectivity index (χ4n) is 2.66. The Bertz CT molecular complexity index is 391. The van der Waals surface area contributed by atoms with Crippen molar-refractivity contribution >= 4 is 5.97 Å². The maximum Gasteiger partial charge on any atom is 0.335 e. The first kappa shape index (κ1) is 13.1. The highest BCUT2D eigenvalue weighted by molar-refractivity contribution is 5.87. The smallest absolute Gasteiger partial charge is 0.335 e. The predicted octanol–water partition coefficient (Wildman–Crippen LogP) is 2.83. The summed E-state index contributed by atoms with van der Waals surface area (Å²) in [5, 5.41) is 8.82. The van der Waals surface area contributed by atoms with E-state index >= 15 is 0 Å². The van der Waals surface area contributed by atoms with Crippen molar-refractivity contribution in [2.45, 2.75) is 44.6 Å². The van der Waals surface area contributed by atoms with Gasteiger partial charge in [-0.2, -0.15) is 0 Å². The Morgan fingerprint density at radius 2 is 1.78 bits per heavy atom. The molecule has 1 aliphatic rings. The van der Waals surface area contributed by atoms with Gasteiger partial charge in [-0.3, -0.25) is 0 Å². The molecule has 3 N–H and O–H groups in total. The molecular weight excluding hydrogens is 226 g/mol. The highest BCUT2D eigenvalue weighted by atomic mass is 16.4. The predicted molar refractivity (Wildman–Crippen MR) is 71.7 cm³/mol. The van der Waals surface area contributed by atoms with E-state index in [1.54, 1.807) is 12.1 Å². The van der Waals surface area contributed by atoms with Crippen LogP contribution in [0.4, 0.5) is 0 Å². The van der Waals surface area contributed by atoms with Gasteiger partial charge in [-0.1, -0.05) is 12.1 Å². The Morgan fingerprint density at radius 1 is 1.17 bits per heavy atom. The monoisotopic (exact) mass is 247 g/mol. The summed E-state index contributed by atoms with van der Waals surface area (Å²) >= 11 is 0. The summed E-state index contributed by atoms with van der Waals surface area (Å²) in [4.78, 5) is 10.7. The first-order valence-corrected chi connectivity index (χ1v) is 6.73. The van der Waals surface area contributed by atoms with Crippen LogP contribution in [0.25, 0.3) is 0 Å². The van der Waals surface area contributed by atoms with Crippen LogP contribution in [0.2, 0.25) is 0 Å². The van der Waals surface area contributed by atoms with E-state index in [0.29, 0.717) is 11.6 Å². The molecule has 0 radical (unpaired) electrons. The number of nitrogens with two attached hydrogens (primary N) is 1. The number of carboxylic acids is 1. The molecule has 0 spiro atoms. The summed E-state index contributed by atoms with van der Waals surface area (Å²) in [7, 11) is 0. The van der Waals surface area contributed by atoms with Crippen molar-refractivity contribution < 1.29 is 9.90 Å². The molecule has 2 rings (SSSR count). The second kappa shape index (κ2) is 6.01. The van der Waals surface area contributed by atoms with Crippen molar-refractivity contribution in [3.8, 4) is 0 Å². The molecule has 0 unspecified atom stereocenters. The molecule has 18 heavy (non-hydrogen) atoms. The first-order valence-electron chi connectivity index (χ1n) is 6.73. The van der Waals surface area contributed by atoms with Crippen LogP contribution in [0.3, 0.4) is 0 Å². The normalized spacial score (nSPS) is 23.8. The number of aromatic carboxylic acids is 1. The molecule has 0 heterocycles. The number of benzene rings is 1. The van der Waals surface area contributed by atoms with E-state index in [1.807, 2.05) is 12.1 Å². The molecule has 1 fully saturated rings. The molecule has 1 aliphatic carbocycles. The quantitative estimate of drug-likeness (QED) is 0.860. The van der Waals surface area contributed by atoms with E-state index in [4.69, 9.17) is 10.8 Å². The van der Waals surface area contributed by atoms with Crippen LogP contribution in [0.5, 0.6) is 0 Å². The largest absolute Gasteiger partial charge is 0.478 e. The number of carboxylic acid groups (broad SMARTS) is 1. The number of hydrogen-bond donors (Lipinski definition) is 2. The van der Waals surface area contributed by atoms with Crippen molar-refractivity contribution in [1.29, 1.82) is 0 Å². The minimum Gasteiger partial charge on any atom is -0.478 e. The van der Waals surface area contributed by atoms with Gasteiger partial charge in [0, 0.05) is 6.04 Å². The van der Waals surface area contributed by atoms with Crippen LogP contribution in [0.1, 0.15) is 48.0 Å². The fourth-order valence-corrected chi connectivity index (χ4v) is 2.66. The van der Waals surface area contributed by atoms with Gasteiger partial charge in [0.2, 0.25) is 0 Å². The second-order valence-electron chi connectivity index (χ2n) is 5.32. The van der Waals surface area contributed by atoms with Crippen molar-refractivity contribution in [2.24, 2.45) is 11.7 Å². The van der Waals surface area contributed by atoms with E-state index in [1.165, 1.54) is 24.8 Å². The van der Waals surface area contributed by atoms with Crippen molar-refractivity contribution in [3.63, 3.8) is 0 Å². The summed E-state index contributed by atoms with van der Waals surface area (Å²) in [6.45, 7) is 0. The summed E-state index contributed by atoms with van der Waals surface area (Å²) in [5.41, 5.74) is 7.49. The van der Waals surface area contributed by atoms with Crippen LogP contribution >= 0.6 is 0 Å². The zero-order chi connectivity index (χ0) is 13.0. The van der Waals surface area contributed by atoms with Crippen LogP contribution in [0.15, 0.2) is 24.3 Å². The van der Waals surface area contributed by atoms with E-state index in [-0.39, 0.29) is 0 Å². The van der Waals surface area contributed by atoms with E-state index in [2.05, 4.69) is 0 Å². The Balaban J connectivity index is 1.81. The molecule has 0 aliphatic heterocycles. The first-order chi connectivity index (χ1) is 8.65. The average Bonchev–Trinajstić information content (AvgIpc) is 2.38. The fraction of sp³-hybridized carbons (Fsp3) is 0.533. The molecule has 3 heteroatoms. The Morgan fingerprint density at radius 3 is 2.33 bits per heavy atom. The van der Waals surface area contributed by atoms with Gasteiger partial charge in [-0.25, -0.2) is 4.79 Å². The Kier molecular flexibility index (Phi) is 4.37. The Hall–Kier alpha value is -1.35. The molecule has 0 amide bonds. The molecule has 1 aromatic rings. The molecule has 1 aromatic carbocycles. The summed E-state index contributed by atoms with van der Waals surface area (Å²) in [6.07, 6.45) is 7.03. The van der Waals surface area contributed by atoms with Crippen LogP contribution in [-0.4, -0.2) is 17.1 Å². The molecule has 1 saturated carbocycles. The van der Waals surface area contributed by atoms with Crippen LogP contribution in [0, 0.1) is 5.92 Å². The molecule has 98 valence electrons. The number of hydrogen-bond acceptors (Lipinski definition) is 2. The molecule has 0 aromatic heterocycles. The lowest BCUT2D eigenvalue weighted by atomic mass is 9.83. The van der Waals surface area contributed by atoms with Gasteiger partial charge < -0.3 is 10.8 Å². The van der Waals surface area contributed by atoms with E-state index < -0.39 is 5.97 Å². The van der Waals surface area contributed by atoms with Gasteiger partial charge in [0.25, 0.3) is 0 Å². The highest BCUT2D eigenvalue weighted by Gasteiger charge is 2.18. The minimum atomic E-state index is -0.859. The SMILES string of the molecule is NC1CCC(CCc2ccc(C(=O)O)cc2)CC1. The third-order valence-electron chi connectivity index (χ3n) is 3.93. The van der Waals surface area contributed by atoms with Crippen molar-refractivity contribution in [3.05, 3.63) is 35.4 Å². The number of carbonyl (C=O) groups is 1. The minimum absolute atomic E-state index is 0.363. The third-order valence-corrected chi connectivity index (χ3v) is 3.93. The topological polar surface area (TPSA) is 63.3 Å². The van der Waals surface area contributed by atoms with Gasteiger partial charge >= 0.3 is 5.97 Å². The van der Waals surface area contributed by atoms with E-state index in [9.17, 15) is 4.79 Å². The second-order valence-corrected chi connectivity index (χ2v) is 5.32. The molecule has 0 saturated heterocycles. The summed E-state index contributed by atoms with van der Waals surface area (Å²) < 4.78 is 0. The molecule has 3 nitrogen and oxygen atoms in total. The molecule has 0 bridgehead atoms. The van der Waals surface area contributed by atoms with Crippen molar-refractivity contribution in [2.75, 3.05) is 0 Å². The third kappa shape index (κ3) is 3.57. The maximum atomic E-state index is 10.7. The van der Waals surface area contributed by atoms with Gasteiger partial charge in [-0.05, 0) is 62.1 Å². The van der Waals surface area contributed by atoms with Crippen LogP contribution < -0.4 is 5.73 Å². The lowest BCUT2D eigenvalue weighted by Crippen LogP contribution is -2.26. The maximum absolute atomic E-state index is 10.7. The number of rotatable bonds is 4. The van der Waals surface area contributed by atoms with Crippen molar-refractivity contribution in [1.82, 2.24) is 0 Å². The highest BCUT2D eigenvalue weighted by Crippen LogP contribution is 2.27. The molecular formula is C15H21NO2.